The Morgan fingerprint density at radius 1 is 1.16 bits per heavy atom. The lowest BCUT2D eigenvalue weighted by molar-refractivity contribution is -0.197. The third-order valence-electron chi connectivity index (χ3n) is 1.72. The molecule has 0 radical (unpaired) electrons. The average Bonchev–Trinajstić information content (AvgIpc) is 3.03. The minimum absolute atomic E-state index is 0.232. The fourth-order valence-corrected chi connectivity index (χ4v) is 1.00. The highest BCUT2D eigenvalue weighted by Gasteiger charge is 2.32. The molecule has 1 rings (SSSR count). The third-order valence-corrected chi connectivity index (χ3v) is 1.72. The van der Waals surface area contributed by atoms with Gasteiger partial charge in [0.1, 0.15) is 0 Å². The van der Waals surface area contributed by atoms with E-state index in [1.807, 2.05) is 0 Å². The Bertz CT molecular complexity index is 968. The molecule has 1 aliphatic rings. The van der Waals surface area contributed by atoms with Gasteiger partial charge in [-0.2, -0.15) is 0 Å². The molecule has 0 atom stereocenters. The van der Waals surface area contributed by atoms with Gasteiger partial charge in [-0.3, -0.25) is 9.59 Å². The minimum Gasteiger partial charge on any atom is -0.330 e. The van der Waals surface area contributed by atoms with Crippen molar-refractivity contribution in [3.63, 3.8) is 0 Å². The van der Waals surface area contributed by atoms with E-state index in [0.717, 1.165) is 0 Å². The normalized spacial score (nSPS) is 36.6. The van der Waals surface area contributed by atoms with E-state index in [1.165, 1.54) is 0 Å². The number of amides is 2. The molecule has 0 aromatic heterocycles. The van der Waals surface area contributed by atoms with Gasteiger partial charge in [0, 0.05) is 45.3 Å². The Morgan fingerprint density at radius 2 is 1.74 bits per heavy atom. The quantitative estimate of drug-likeness (QED) is 0.612. The lowest BCUT2D eigenvalue weighted by Gasteiger charge is -2.12. The summed E-state index contributed by atoms with van der Waals surface area (Å²) < 4.78 is 147. The summed E-state index contributed by atoms with van der Waals surface area (Å²) in [6.45, 7) is -3.95. The largest absolute Gasteiger partial charge is 0.333 e. The second-order valence-corrected chi connectivity index (χ2v) is 2.96. The van der Waals surface area contributed by atoms with Crippen LogP contribution in [0.25, 0.3) is 0 Å². The molecule has 0 unspecified atom stereocenters. The Hall–Kier alpha value is -1.39. The summed E-state index contributed by atoms with van der Waals surface area (Å²) in [6.07, 6.45) is -37.0. The zero-order chi connectivity index (χ0) is 30.9. The molecule has 1 saturated heterocycles. The van der Waals surface area contributed by atoms with Gasteiger partial charge in [-0.1, -0.05) is 45.1 Å². The van der Waals surface area contributed by atoms with E-state index in [2.05, 4.69) is 4.84 Å². The van der Waals surface area contributed by atoms with E-state index in [0.29, 0.717) is 0 Å². The Labute approximate surface area is 140 Å². The highest BCUT2D eigenvalue weighted by molar-refractivity contribution is 6.01. The molecule has 0 aliphatic carbocycles. The van der Waals surface area contributed by atoms with Gasteiger partial charge >= 0.3 is 5.97 Å². The number of rotatable bonds is 9. The van der Waals surface area contributed by atoms with Crippen LogP contribution >= 0.6 is 0 Å². The van der Waals surface area contributed by atoms with E-state index < -0.39 is 88.5 Å². The van der Waals surface area contributed by atoms with E-state index in [9.17, 15) is 14.4 Å². The lowest BCUT2D eigenvalue weighted by Crippen LogP contribution is -2.31. The van der Waals surface area contributed by atoms with Crippen molar-refractivity contribution in [3.05, 3.63) is 0 Å². The van der Waals surface area contributed by atoms with E-state index in [4.69, 9.17) is 26.0 Å². The van der Waals surface area contributed by atoms with Gasteiger partial charge in [-0.25, -0.2) is 4.79 Å². The number of hydrogen-bond donors (Lipinski definition) is 0. The molecule has 0 spiro atoms. The van der Waals surface area contributed by atoms with Gasteiger partial charge in [0.2, 0.25) is 0 Å². The maximum absolute atomic E-state index is 12.4. The average molecular weight is 288 g/mol. The molecule has 0 aromatic rings. The van der Waals surface area contributed by atoms with Crippen molar-refractivity contribution in [2.45, 2.75) is 70.7 Å². The summed E-state index contributed by atoms with van der Waals surface area (Å²) in [5.74, 6) is -4.72. The van der Waals surface area contributed by atoms with Crippen LogP contribution in [0.1, 0.15) is 96.7 Å². The highest BCUT2D eigenvalue weighted by Crippen LogP contribution is 2.14. The molecule has 1 heterocycles. The Balaban J connectivity index is 3.63. The molecule has 1 fully saturated rings. The van der Waals surface area contributed by atoms with Crippen LogP contribution in [-0.4, -0.2) is 22.8 Å². The Kier molecular flexibility index (Phi) is 1.65. The molecule has 1 aliphatic heterocycles. The van der Waals surface area contributed by atoms with Crippen molar-refractivity contribution in [1.29, 1.82) is 0 Å². The van der Waals surface area contributed by atoms with Crippen LogP contribution in [0.3, 0.4) is 0 Å². The van der Waals surface area contributed by atoms with Crippen LogP contribution in [0.4, 0.5) is 0 Å². The molecule has 5 heteroatoms. The monoisotopic (exact) mass is 288 g/mol. The van der Waals surface area contributed by atoms with Gasteiger partial charge in [0.25, 0.3) is 11.8 Å². The molecule has 0 saturated carbocycles. The first-order chi connectivity index (χ1) is 16.3. The number of carbonyl (C=O) groups excluding carboxylic acids is 3. The highest BCUT2D eigenvalue weighted by atomic mass is 16.7. The summed E-state index contributed by atoms with van der Waals surface area (Å²) in [7, 11) is 0. The topological polar surface area (TPSA) is 63.7 Å². The van der Waals surface area contributed by atoms with Gasteiger partial charge < -0.3 is 4.84 Å². The van der Waals surface area contributed by atoms with Crippen molar-refractivity contribution in [1.82, 2.24) is 5.06 Å². The van der Waals surface area contributed by atoms with Gasteiger partial charge in [0.05, 0.1) is 0 Å². The van der Waals surface area contributed by atoms with Gasteiger partial charge in [0.15, 0.2) is 0 Å². The SMILES string of the molecule is [2H]C([2H])([2H])C([2H])([2H])C([2H])([2H])C([2H])([2H])C([2H])([2H])C([2H])([2H])C([2H])([2H])C([2H])([2H])C([2H])([2H])C(=O)ON1C(=O)CCC1=O. The zero-order valence-electron chi connectivity index (χ0n) is 28.5. The molecule has 108 valence electrons. The second kappa shape index (κ2) is 8.67. The molecule has 5 nitrogen and oxygen atoms in total. The maximum Gasteiger partial charge on any atom is 0.333 e. The molecule has 19 heavy (non-hydrogen) atoms. The van der Waals surface area contributed by atoms with Gasteiger partial charge in [-0.15, -0.1) is 5.06 Å². The zero-order valence-corrected chi connectivity index (χ0v) is 9.49. The number of hydrogen-bond acceptors (Lipinski definition) is 4. The first-order valence-electron chi connectivity index (χ1n) is 14.4. The first-order valence-corrected chi connectivity index (χ1v) is 4.90. The molecule has 0 bridgehead atoms. The summed E-state index contributed by atoms with van der Waals surface area (Å²) in [5.41, 5.74) is 0. The number of hydroxylamine groups is 2. The van der Waals surface area contributed by atoms with E-state index in [1.54, 1.807) is 0 Å². The van der Waals surface area contributed by atoms with Crippen molar-refractivity contribution in [2.24, 2.45) is 0 Å². The van der Waals surface area contributed by atoms with Crippen LogP contribution in [0.2, 0.25) is 0 Å². The van der Waals surface area contributed by atoms with Gasteiger partial charge in [-0.05, 0) is 6.37 Å². The van der Waals surface area contributed by atoms with Crippen molar-refractivity contribution in [2.75, 3.05) is 0 Å². The fourth-order valence-electron chi connectivity index (χ4n) is 1.00. The second-order valence-electron chi connectivity index (χ2n) is 2.96. The number of carbonyl (C=O) groups is 3. The van der Waals surface area contributed by atoms with E-state index >= 15 is 0 Å². The van der Waals surface area contributed by atoms with Crippen molar-refractivity contribution in [3.8, 4) is 0 Å². The molecule has 0 aromatic carbocycles. The van der Waals surface area contributed by atoms with Crippen molar-refractivity contribution < 1.29 is 45.3 Å². The minimum atomic E-state index is -4.68. The van der Waals surface area contributed by atoms with Crippen LogP contribution in [0, 0.1) is 0 Å². The molecule has 2 amide bonds. The van der Waals surface area contributed by atoms with E-state index in [-0.39, 0.29) is 5.06 Å². The molecular weight excluding hydrogens is 246 g/mol. The first kappa shape index (κ1) is 3.62. The molecule has 0 N–H and O–H groups in total. The summed E-state index contributed by atoms with van der Waals surface area (Å²) in [5, 5.41) is -0.232. The van der Waals surface area contributed by atoms with Crippen LogP contribution in [0.15, 0.2) is 0 Å². The summed E-state index contributed by atoms with van der Waals surface area (Å²) >= 11 is 0. The van der Waals surface area contributed by atoms with Crippen LogP contribution < -0.4 is 0 Å². The predicted octanol–water partition coefficient (Wildman–Crippen LogP) is 2.73. The van der Waals surface area contributed by atoms with Crippen LogP contribution in [-0.2, 0) is 19.2 Å². The standard InChI is InChI=1S/C14H23NO4/c1-2-3-4-5-6-7-8-9-14(18)19-15-12(16)10-11-13(15)17/h2-11H2,1H3/i1D3,2D2,3D2,4D2,5D2,6D2,7D2,8D2,9D2. The number of nitrogens with zero attached hydrogens (tertiary/aromatic N) is 1. The third kappa shape index (κ3) is 5.85. The fraction of sp³-hybridized carbons (Fsp3) is 0.786. The predicted molar refractivity (Wildman–Crippen MR) is 69.8 cm³/mol. The molecular formula is C14H23NO4. The van der Waals surface area contributed by atoms with Crippen molar-refractivity contribution >= 4 is 17.8 Å². The summed E-state index contributed by atoms with van der Waals surface area (Å²) in [4.78, 5) is 39.8. The lowest BCUT2D eigenvalue weighted by atomic mass is 10.1. The summed E-state index contributed by atoms with van der Waals surface area (Å²) in [6, 6.07) is 0. The maximum atomic E-state index is 12.4. The smallest absolute Gasteiger partial charge is 0.330 e. The number of imide groups is 1. The van der Waals surface area contributed by atoms with Crippen LogP contribution in [0.5, 0.6) is 0 Å². The Morgan fingerprint density at radius 3 is 2.37 bits per heavy atom.